The van der Waals surface area contributed by atoms with E-state index in [2.05, 4.69) is 0 Å². The lowest BCUT2D eigenvalue weighted by Gasteiger charge is -2.14. The fourth-order valence-corrected chi connectivity index (χ4v) is 2.17. The van der Waals surface area contributed by atoms with Crippen molar-refractivity contribution >= 4 is 0 Å². The lowest BCUT2D eigenvalue weighted by molar-refractivity contribution is 0.550. The molecule has 0 aliphatic rings. The summed E-state index contributed by atoms with van der Waals surface area (Å²) in [6.07, 6.45) is 0.531. The van der Waals surface area contributed by atoms with E-state index in [1.807, 2.05) is 31.2 Å². The summed E-state index contributed by atoms with van der Waals surface area (Å²) in [6.45, 7) is 3.61. The quantitative estimate of drug-likeness (QED) is 0.893. The topological polar surface area (TPSA) is 26.0 Å². The van der Waals surface area contributed by atoms with Crippen LogP contribution in [0.15, 0.2) is 36.4 Å². The third-order valence-electron chi connectivity index (χ3n) is 3.22. The first-order valence-corrected chi connectivity index (χ1v) is 6.24. The van der Waals surface area contributed by atoms with Gasteiger partial charge in [0.25, 0.3) is 0 Å². The molecule has 0 fully saturated rings. The molecular weight excluding hydrogens is 244 g/mol. The third kappa shape index (κ3) is 3.18. The van der Waals surface area contributed by atoms with Gasteiger partial charge in [-0.2, -0.15) is 0 Å². The maximum Gasteiger partial charge on any atom is 0.130 e. The predicted octanol–water partition coefficient (Wildman–Crippen LogP) is 3.82. The zero-order valence-electron chi connectivity index (χ0n) is 11.1. The molecule has 0 heterocycles. The van der Waals surface area contributed by atoms with E-state index in [0.29, 0.717) is 17.5 Å². The van der Waals surface area contributed by atoms with Crippen molar-refractivity contribution in [2.75, 3.05) is 0 Å². The van der Waals surface area contributed by atoms with Crippen LogP contribution in [0.1, 0.15) is 28.3 Å². The van der Waals surface area contributed by atoms with Gasteiger partial charge in [0.1, 0.15) is 11.6 Å². The standard InChI is InChI=1S/C16H17F2N/c1-10-4-3-5-12(6-10)8-16(19)13-7-11(2)14(17)9-15(13)18/h3-7,9,16H,8,19H2,1-2H3. The Hall–Kier alpha value is -1.74. The van der Waals surface area contributed by atoms with Gasteiger partial charge in [-0.3, -0.25) is 0 Å². The Bertz CT molecular complexity index is 593. The fourth-order valence-electron chi connectivity index (χ4n) is 2.17. The van der Waals surface area contributed by atoms with E-state index in [4.69, 9.17) is 5.73 Å². The number of hydrogen-bond donors (Lipinski definition) is 1. The number of aryl methyl sites for hydroxylation is 2. The number of hydrogen-bond acceptors (Lipinski definition) is 1. The van der Waals surface area contributed by atoms with Crippen LogP contribution in [0.5, 0.6) is 0 Å². The highest BCUT2D eigenvalue weighted by atomic mass is 19.1. The number of rotatable bonds is 3. The van der Waals surface area contributed by atoms with E-state index in [1.54, 1.807) is 6.92 Å². The smallest absolute Gasteiger partial charge is 0.130 e. The highest BCUT2D eigenvalue weighted by Gasteiger charge is 2.14. The van der Waals surface area contributed by atoms with Crippen LogP contribution in [0.4, 0.5) is 8.78 Å². The molecule has 2 N–H and O–H groups in total. The summed E-state index contributed by atoms with van der Waals surface area (Å²) in [5.41, 5.74) is 9.00. The second kappa shape index (κ2) is 5.49. The van der Waals surface area contributed by atoms with Crippen LogP contribution < -0.4 is 5.73 Å². The summed E-state index contributed by atoms with van der Waals surface area (Å²) in [6, 6.07) is 9.85. The Kier molecular flexibility index (Phi) is 3.96. The van der Waals surface area contributed by atoms with Crippen molar-refractivity contribution in [2.24, 2.45) is 5.73 Å². The summed E-state index contributed by atoms with van der Waals surface area (Å²) >= 11 is 0. The van der Waals surface area contributed by atoms with Crippen molar-refractivity contribution in [1.82, 2.24) is 0 Å². The van der Waals surface area contributed by atoms with Crippen LogP contribution in [-0.4, -0.2) is 0 Å². The normalized spacial score (nSPS) is 12.5. The molecule has 0 saturated heterocycles. The van der Waals surface area contributed by atoms with Crippen LogP contribution in [0.2, 0.25) is 0 Å². The van der Waals surface area contributed by atoms with E-state index in [9.17, 15) is 8.78 Å². The molecular formula is C16H17F2N. The van der Waals surface area contributed by atoms with Crippen LogP contribution in [0.25, 0.3) is 0 Å². The van der Waals surface area contributed by atoms with E-state index in [1.165, 1.54) is 6.07 Å². The van der Waals surface area contributed by atoms with Crippen molar-refractivity contribution in [3.8, 4) is 0 Å². The highest BCUT2D eigenvalue weighted by molar-refractivity contribution is 5.30. The lowest BCUT2D eigenvalue weighted by atomic mass is 9.97. The van der Waals surface area contributed by atoms with E-state index >= 15 is 0 Å². The number of benzene rings is 2. The van der Waals surface area contributed by atoms with Crippen LogP contribution in [-0.2, 0) is 6.42 Å². The Morgan fingerprint density at radius 1 is 1.05 bits per heavy atom. The minimum Gasteiger partial charge on any atom is -0.324 e. The Morgan fingerprint density at radius 3 is 2.47 bits per heavy atom. The molecule has 2 aromatic rings. The van der Waals surface area contributed by atoms with Crippen LogP contribution in [0.3, 0.4) is 0 Å². The molecule has 1 unspecified atom stereocenters. The van der Waals surface area contributed by atoms with Crippen molar-refractivity contribution in [2.45, 2.75) is 26.3 Å². The number of nitrogens with two attached hydrogens (primary N) is 1. The monoisotopic (exact) mass is 261 g/mol. The molecule has 3 heteroatoms. The second-order valence-electron chi connectivity index (χ2n) is 4.92. The van der Waals surface area contributed by atoms with E-state index < -0.39 is 17.7 Å². The van der Waals surface area contributed by atoms with Gasteiger partial charge >= 0.3 is 0 Å². The first kappa shape index (κ1) is 13.7. The molecule has 0 amide bonds. The molecule has 0 aromatic heterocycles. The van der Waals surface area contributed by atoms with Gasteiger partial charge in [0.05, 0.1) is 0 Å². The maximum absolute atomic E-state index is 13.7. The van der Waals surface area contributed by atoms with E-state index in [0.717, 1.165) is 17.2 Å². The zero-order valence-corrected chi connectivity index (χ0v) is 11.1. The van der Waals surface area contributed by atoms with Crippen molar-refractivity contribution in [1.29, 1.82) is 0 Å². The molecule has 19 heavy (non-hydrogen) atoms. The summed E-state index contributed by atoms with van der Waals surface area (Å²) in [5.74, 6) is -1.12. The largest absolute Gasteiger partial charge is 0.324 e. The molecule has 1 nitrogen and oxygen atoms in total. The van der Waals surface area contributed by atoms with Crippen LogP contribution in [0, 0.1) is 25.5 Å². The van der Waals surface area contributed by atoms with Gasteiger partial charge < -0.3 is 5.73 Å². The highest BCUT2D eigenvalue weighted by Crippen LogP contribution is 2.22. The van der Waals surface area contributed by atoms with Gasteiger partial charge in [-0.15, -0.1) is 0 Å². The summed E-state index contributed by atoms with van der Waals surface area (Å²) in [4.78, 5) is 0. The minimum atomic E-state index is -0.580. The first-order chi connectivity index (χ1) is 8.97. The van der Waals surface area contributed by atoms with Crippen molar-refractivity contribution in [3.63, 3.8) is 0 Å². The Balaban J connectivity index is 2.25. The number of halogens is 2. The van der Waals surface area contributed by atoms with Gasteiger partial charge in [-0.05, 0) is 37.5 Å². The van der Waals surface area contributed by atoms with Gasteiger partial charge in [-0.1, -0.05) is 29.8 Å². The average molecular weight is 261 g/mol. The summed E-state index contributed by atoms with van der Waals surface area (Å²) in [7, 11) is 0. The van der Waals surface area contributed by atoms with Crippen LogP contribution >= 0.6 is 0 Å². The third-order valence-corrected chi connectivity index (χ3v) is 3.22. The molecule has 1 atom stereocenters. The lowest BCUT2D eigenvalue weighted by Crippen LogP contribution is -2.15. The van der Waals surface area contributed by atoms with Gasteiger partial charge in [-0.25, -0.2) is 8.78 Å². The minimum absolute atomic E-state index is 0.361. The maximum atomic E-state index is 13.7. The molecule has 0 radical (unpaired) electrons. The molecule has 100 valence electrons. The van der Waals surface area contributed by atoms with Gasteiger partial charge in [0, 0.05) is 17.7 Å². The fraction of sp³-hybridized carbons (Fsp3) is 0.250. The first-order valence-electron chi connectivity index (χ1n) is 6.24. The molecule has 0 saturated carbocycles. The van der Waals surface area contributed by atoms with Crippen molar-refractivity contribution in [3.05, 3.63) is 70.3 Å². The molecule has 0 spiro atoms. The molecule has 0 aliphatic carbocycles. The molecule has 2 rings (SSSR count). The summed E-state index contributed by atoms with van der Waals surface area (Å²) < 4.78 is 27.0. The Morgan fingerprint density at radius 2 is 1.79 bits per heavy atom. The van der Waals surface area contributed by atoms with Crippen molar-refractivity contribution < 1.29 is 8.78 Å². The Labute approximate surface area is 112 Å². The summed E-state index contributed by atoms with van der Waals surface area (Å²) in [5, 5.41) is 0. The van der Waals surface area contributed by atoms with Gasteiger partial charge in [0.15, 0.2) is 0 Å². The van der Waals surface area contributed by atoms with Gasteiger partial charge in [0.2, 0.25) is 0 Å². The molecule has 0 aliphatic heterocycles. The predicted molar refractivity (Wildman–Crippen MR) is 72.9 cm³/mol. The average Bonchev–Trinajstić information content (AvgIpc) is 2.33. The SMILES string of the molecule is Cc1cccc(CC(N)c2cc(C)c(F)cc2F)c1. The van der Waals surface area contributed by atoms with E-state index in [-0.39, 0.29) is 0 Å². The molecule has 2 aromatic carbocycles. The zero-order chi connectivity index (χ0) is 14.0. The molecule has 0 bridgehead atoms. The second-order valence-corrected chi connectivity index (χ2v) is 4.92.